The summed E-state index contributed by atoms with van der Waals surface area (Å²) in [7, 11) is 0. The first-order valence-electron chi connectivity index (χ1n) is 7.15. The van der Waals surface area contributed by atoms with Crippen molar-refractivity contribution in [3.05, 3.63) is 0 Å². The van der Waals surface area contributed by atoms with Gasteiger partial charge in [-0.2, -0.15) is 0 Å². The van der Waals surface area contributed by atoms with Crippen molar-refractivity contribution in [3.63, 3.8) is 0 Å². The van der Waals surface area contributed by atoms with Gasteiger partial charge in [0.25, 0.3) is 0 Å². The molecule has 0 fully saturated rings. The molecule has 3 N–H and O–H groups in total. The standard InChI is InChI=1S/C14H30N2O/c1-4-13(5-2)12(3)16-14(17)10-8-6-7-9-11-15/h12-13H,4-11,15H2,1-3H3,(H,16,17). The first kappa shape index (κ1) is 16.4. The second-order valence-electron chi connectivity index (χ2n) is 4.89. The third-order valence-electron chi connectivity index (χ3n) is 3.50. The first-order chi connectivity index (χ1) is 8.15. The van der Waals surface area contributed by atoms with Gasteiger partial charge in [-0.25, -0.2) is 0 Å². The molecular formula is C14H30N2O. The third-order valence-corrected chi connectivity index (χ3v) is 3.50. The number of carbonyl (C=O) groups is 1. The molecule has 0 heterocycles. The molecule has 0 aliphatic carbocycles. The van der Waals surface area contributed by atoms with Crippen molar-refractivity contribution in [3.8, 4) is 0 Å². The van der Waals surface area contributed by atoms with E-state index in [4.69, 9.17) is 5.73 Å². The average Bonchev–Trinajstić information content (AvgIpc) is 2.30. The molecule has 3 heteroatoms. The van der Waals surface area contributed by atoms with E-state index >= 15 is 0 Å². The first-order valence-corrected chi connectivity index (χ1v) is 7.15. The maximum Gasteiger partial charge on any atom is 0.220 e. The maximum absolute atomic E-state index is 11.7. The van der Waals surface area contributed by atoms with Crippen molar-refractivity contribution in [1.82, 2.24) is 5.32 Å². The van der Waals surface area contributed by atoms with E-state index in [9.17, 15) is 4.79 Å². The van der Waals surface area contributed by atoms with Crippen LogP contribution in [0.25, 0.3) is 0 Å². The molecule has 0 aromatic carbocycles. The fraction of sp³-hybridized carbons (Fsp3) is 0.929. The lowest BCUT2D eigenvalue weighted by Gasteiger charge is -2.22. The maximum atomic E-state index is 11.7. The number of unbranched alkanes of at least 4 members (excludes halogenated alkanes) is 3. The highest BCUT2D eigenvalue weighted by atomic mass is 16.1. The van der Waals surface area contributed by atoms with Gasteiger partial charge in [-0.05, 0) is 32.2 Å². The molecule has 0 aromatic heterocycles. The molecule has 0 spiro atoms. The van der Waals surface area contributed by atoms with Crippen LogP contribution in [0.4, 0.5) is 0 Å². The van der Waals surface area contributed by atoms with E-state index in [1.165, 1.54) is 0 Å². The van der Waals surface area contributed by atoms with Gasteiger partial charge in [0, 0.05) is 12.5 Å². The largest absolute Gasteiger partial charge is 0.353 e. The Morgan fingerprint density at radius 2 is 1.71 bits per heavy atom. The van der Waals surface area contributed by atoms with Crippen LogP contribution in [0.1, 0.15) is 65.7 Å². The lowest BCUT2D eigenvalue weighted by Crippen LogP contribution is -2.37. The molecule has 3 nitrogen and oxygen atoms in total. The third kappa shape index (κ3) is 8.19. The molecule has 0 radical (unpaired) electrons. The molecule has 1 unspecified atom stereocenters. The zero-order valence-electron chi connectivity index (χ0n) is 11.8. The summed E-state index contributed by atoms with van der Waals surface area (Å²) in [4.78, 5) is 11.7. The Morgan fingerprint density at radius 1 is 1.12 bits per heavy atom. The van der Waals surface area contributed by atoms with E-state index in [0.29, 0.717) is 18.4 Å². The predicted molar refractivity (Wildman–Crippen MR) is 73.8 cm³/mol. The van der Waals surface area contributed by atoms with Crippen LogP contribution in [0, 0.1) is 5.92 Å². The van der Waals surface area contributed by atoms with Crippen LogP contribution < -0.4 is 11.1 Å². The Labute approximate surface area is 107 Å². The summed E-state index contributed by atoms with van der Waals surface area (Å²) in [6.07, 6.45) is 7.25. The van der Waals surface area contributed by atoms with E-state index < -0.39 is 0 Å². The molecule has 0 saturated carbocycles. The predicted octanol–water partition coefficient (Wildman–Crippen LogP) is 2.84. The Balaban J connectivity index is 3.63. The molecule has 0 aliphatic heterocycles. The summed E-state index contributed by atoms with van der Waals surface area (Å²) in [5, 5.41) is 3.11. The summed E-state index contributed by atoms with van der Waals surface area (Å²) < 4.78 is 0. The molecule has 0 rings (SSSR count). The normalized spacial score (nSPS) is 12.8. The second-order valence-corrected chi connectivity index (χ2v) is 4.89. The lowest BCUT2D eigenvalue weighted by molar-refractivity contribution is -0.122. The fourth-order valence-corrected chi connectivity index (χ4v) is 2.22. The number of carbonyl (C=O) groups excluding carboxylic acids is 1. The van der Waals surface area contributed by atoms with Crippen molar-refractivity contribution in [1.29, 1.82) is 0 Å². The van der Waals surface area contributed by atoms with Gasteiger partial charge in [-0.15, -0.1) is 0 Å². The molecule has 0 bridgehead atoms. The quantitative estimate of drug-likeness (QED) is 0.579. The van der Waals surface area contributed by atoms with Crippen LogP contribution in [-0.2, 0) is 4.79 Å². The molecule has 1 atom stereocenters. The van der Waals surface area contributed by atoms with Gasteiger partial charge in [0.15, 0.2) is 0 Å². The van der Waals surface area contributed by atoms with Crippen molar-refractivity contribution in [2.45, 2.75) is 71.8 Å². The highest BCUT2D eigenvalue weighted by molar-refractivity contribution is 5.76. The molecular weight excluding hydrogens is 212 g/mol. The second kappa shape index (κ2) is 10.6. The van der Waals surface area contributed by atoms with Crippen LogP contribution in [0.3, 0.4) is 0 Å². The average molecular weight is 242 g/mol. The van der Waals surface area contributed by atoms with Crippen LogP contribution in [0.5, 0.6) is 0 Å². The van der Waals surface area contributed by atoms with E-state index in [1.807, 2.05) is 0 Å². The zero-order valence-corrected chi connectivity index (χ0v) is 11.8. The topological polar surface area (TPSA) is 55.1 Å². The van der Waals surface area contributed by atoms with Crippen LogP contribution in [0.2, 0.25) is 0 Å². The Morgan fingerprint density at radius 3 is 2.24 bits per heavy atom. The molecule has 0 aliphatic rings. The number of amides is 1. The van der Waals surface area contributed by atoms with Gasteiger partial charge < -0.3 is 11.1 Å². The summed E-state index contributed by atoms with van der Waals surface area (Å²) in [6.45, 7) is 7.25. The fourth-order valence-electron chi connectivity index (χ4n) is 2.22. The molecule has 0 aromatic rings. The number of rotatable bonds is 10. The molecule has 0 saturated heterocycles. The van der Waals surface area contributed by atoms with Gasteiger partial charge in [0.05, 0.1) is 0 Å². The number of hydrogen-bond donors (Lipinski definition) is 2. The summed E-state index contributed by atoms with van der Waals surface area (Å²) in [6, 6.07) is 0.307. The molecule has 17 heavy (non-hydrogen) atoms. The van der Waals surface area contributed by atoms with Gasteiger partial charge >= 0.3 is 0 Å². The van der Waals surface area contributed by atoms with Gasteiger partial charge in [-0.1, -0.05) is 39.5 Å². The minimum absolute atomic E-state index is 0.206. The number of nitrogens with two attached hydrogens (primary N) is 1. The summed E-state index contributed by atoms with van der Waals surface area (Å²) in [5.41, 5.74) is 5.42. The Hall–Kier alpha value is -0.570. The van der Waals surface area contributed by atoms with Gasteiger partial charge in [0.2, 0.25) is 5.91 Å². The lowest BCUT2D eigenvalue weighted by atomic mass is 9.95. The minimum Gasteiger partial charge on any atom is -0.353 e. The monoisotopic (exact) mass is 242 g/mol. The van der Waals surface area contributed by atoms with E-state index in [0.717, 1.165) is 45.1 Å². The van der Waals surface area contributed by atoms with Crippen molar-refractivity contribution >= 4 is 5.91 Å². The number of hydrogen-bond acceptors (Lipinski definition) is 2. The molecule has 102 valence electrons. The zero-order chi connectivity index (χ0) is 13.1. The van der Waals surface area contributed by atoms with Crippen LogP contribution in [-0.4, -0.2) is 18.5 Å². The van der Waals surface area contributed by atoms with E-state index in [2.05, 4.69) is 26.1 Å². The van der Waals surface area contributed by atoms with Crippen LogP contribution >= 0.6 is 0 Å². The SMILES string of the molecule is CCC(CC)C(C)NC(=O)CCCCCCN. The highest BCUT2D eigenvalue weighted by Crippen LogP contribution is 2.13. The number of nitrogens with one attached hydrogen (secondary N) is 1. The minimum atomic E-state index is 0.206. The summed E-state index contributed by atoms with van der Waals surface area (Å²) >= 11 is 0. The Kier molecular flexibility index (Phi) is 10.2. The smallest absolute Gasteiger partial charge is 0.220 e. The van der Waals surface area contributed by atoms with Crippen LogP contribution in [0.15, 0.2) is 0 Å². The summed E-state index contributed by atoms with van der Waals surface area (Å²) in [5.74, 6) is 0.813. The van der Waals surface area contributed by atoms with Crippen molar-refractivity contribution in [2.75, 3.05) is 6.54 Å². The van der Waals surface area contributed by atoms with Gasteiger partial charge in [-0.3, -0.25) is 4.79 Å². The molecule has 1 amide bonds. The highest BCUT2D eigenvalue weighted by Gasteiger charge is 2.15. The van der Waals surface area contributed by atoms with Crippen molar-refractivity contribution < 1.29 is 4.79 Å². The van der Waals surface area contributed by atoms with E-state index in [1.54, 1.807) is 0 Å². The van der Waals surface area contributed by atoms with Gasteiger partial charge in [0.1, 0.15) is 0 Å². The van der Waals surface area contributed by atoms with Crippen molar-refractivity contribution in [2.24, 2.45) is 11.7 Å². The van der Waals surface area contributed by atoms with E-state index in [-0.39, 0.29) is 5.91 Å². The Bertz CT molecular complexity index is 191.